The van der Waals surface area contributed by atoms with Crippen LogP contribution in [-0.4, -0.2) is 47.6 Å². The third kappa shape index (κ3) is 6.22. The molecule has 2 N–H and O–H groups in total. The van der Waals surface area contributed by atoms with Crippen LogP contribution >= 0.6 is 0 Å². The Balaban J connectivity index is 1.62. The molecule has 5 rings (SSSR count). The quantitative estimate of drug-likeness (QED) is 0.142. The van der Waals surface area contributed by atoms with E-state index in [0.717, 1.165) is 52.3 Å². The zero-order valence-corrected chi connectivity index (χ0v) is 24.1. The third-order valence-corrected chi connectivity index (χ3v) is 7.62. The Morgan fingerprint density at radius 3 is 2.30 bits per heavy atom. The van der Waals surface area contributed by atoms with Crippen LogP contribution in [0.25, 0.3) is 22.4 Å². The maximum Gasteiger partial charge on any atom is 0.248 e. The molecule has 9 nitrogen and oxygen atoms in total. The molecule has 0 aliphatic carbocycles. The SMILES string of the molecule is C=Nc1cc(C=O)ccc1N(CCn1c(-c2ccccc2CC=O)nc2cc(C(N)=O)ccc21)Cc1ccccc1CC=O. The number of hydrogen-bond donors (Lipinski definition) is 1. The fourth-order valence-corrected chi connectivity index (χ4v) is 5.44. The van der Waals surface area contributed by atoms with E-state index in [1.807, 2.05) is 60.7 Å². The lowest BCUT2D eigenvalue weighted by Crippen LogP contribution is -2.28. The largest absolute Gasteiger partial charge is 0.366 e. The van der Waals surface area contributed by atoms with E-state index in [1.165, 1.54) is 0 Å². The van der Waals surface area contributed by atoms with E-state index in [1.54, 1.807) is 24.3 Å². The van der Waals surface area contributed by atoms with E-state index < -0.39 is 5.91 Å². The van der Waals surface area contributed by atoms with Crippen LogP contribution in [0.1, 0.15) is 37.4 Å². The van der Waals surface area contributed by atoms with Crippen molar-refractivity contribution >= 4 is 53.9 Å². The minimum Gasteiger partial charge on any atom is -0.366 e. The van der Waals surface area contributed by atoms with Gasteiger partial charge in [0.05, 0.1) is 22.4 Å². The number of carbonyl (C=O) groups is 4. The van der Waals surface area contributed by atoms with E-state index in [2.05, 4.69) is 21.2 Å². The topological polar surface area (TPSA) is 128 Å². The summed E-state index contributed by atoms with van der Waals surface area (Å²) in [5.74, 6) is 0.103. The van der Waals surface area contributed by atoms with Crippen molar-refractivity contribution in [2.45, 2.75) is 25.9 Å². The number of amides is 1. The molecule has 1 aromatic heterocycles. The Morgan fingerprint density at radius 2 is 1.59 bits per heavy atom. The van der Waals surface area contributed by atoms with Gasteiger partial charge in [0.25, 0.3) is 0 Å². The highest BCUT2D eigenvalue weighted by atomic mass is 16.1. The van der Waals surface area contributed by atoms with E-state index in [4.69, 9.17) is 10.7 Å². The Morgan fingerprint density at radius 1 is 0.886 bits per heavy atom. The van der Waals surface area contributed by atoms with Gasteiger partial charge in [0, 0.05) is 49.2 Å². The van der Waals surface area contributed by atoms with Crippen LogP contribution in [0.5, 0.6) is 0 Å². The Labute approximate surface area is 254 Å². The van der Waals surface area contributed by atoms with Gasteiger partial charge in [-0.15, -0.1) is 0 Å². The number of fused-ring (bicyclic) bond motifs is 1. The number of nitrogens with zero attached hydrogens (tertiary/aromatic N) is 4. The first-order chi connectivity index (χ1) is 21.5. The number of benzene rings is 4. The molecule has 0 unspecified atom stereocenters. The lowest BCUT2D eigenvalue weighted by molar-refractivity contribution is -0.108. The van der Waals surface area contributed by atoms with Crippen LogP contribution in [0, 0.1) is 0 Å². The van der Waals surface area contributed by atoms with Crippen LogP contribution < -0.4 is 10.6 Å². The monoisotopic (exact) mass is 585 g/mol. The summed E-state index contributed by atoms with van der Waals surface area (Å²) in [6.07, 6.45) is 3.03. The summed E-state index contributed by atoms with van der Waals surface area (Å²) in [5, 5.41) is 0. The molecule has 0 fully saturated rings. The summed E-state index contributed by atoms with van der Waals surface area (Å²) in [6, 6.07) is 25.8. The first-order valence-electron chi connectivity index (χ1n) is 14.1. The van der Waals surface area contributed by atoms with Crippen molar-refractivity contribution in [3.05, 3.63) is 113 Å². The molecule has 220 valence electrons. The summed E-state index contributed by atoms with van der Waals surface area (Å²) in [5.41, 5.74) is 12.7. The highest BCUT2D eigenvalue weighted by molar-refractivity contribution is 5.97. The van der Waals surface area contributed by atoms with Crippen molar-refractivity contribution in [2.24, 2.45) is 10.7 Å². The van der Waals surface area contributed by atoms with E-state index in [9.17, 15) is 19.2 Å². The van der Waals surface area contributed by atoms with Crippen molar-refractivity contribution < 1.29 is 19.2 Å². The molecule has 0 aliphatic rings. The fourth-order valence-electron chi connectivity index (χ4n) is 5.44. The van der Waals surface area contributed by atoms with Gasteiger partial charge >= 0.3 is 0 Å². The predicted octanol–water partition coefficient (Wildman–Crippen LogP) is 5.14. The Bertz CT molecular complexity index is 1880. The Kier molecular flexibility index (Phi) is 9.15. The molecule has 44 heavy (non-hydrogen) atoms. The summed E-state index contributed by atoms with van der Waals surface area (Å²) in [7, 11) is 0. The van der Waals surface area contributed by atoms with Crippen LogP contribution in [0.2, 0.25) is 0 Å². The van der Waals surface area contributed by atoms with Crippen LogP contribution in [0.4, 0.5) is 11.4 Å². The third-order valence-electron chi connectivity index (χ3n) is 7.62. The minimum atomic E-state index is -0.548. The molecule has 5 aromatic rings. The highest BCUT2D eigenvalue weighted by Gasteiger charge is 2.20. The maximum absolute atomic E-state index is 12.0. The lowest BCUT2D eigenvalue weighted by atomic mass is 10.0. The van der Waals surface area contributed by atoms with Gasteiger partial charge in [-0.25, -0.2) is 4.98 Å². The van der Waals surface area contributed by atoms with E-state index >= 15 is 0 Å². The number of primary amides is 1. The molecule has 0 aliphatic heterocycles. The molecule has 1 amide bonds. The molecule has 0 saturated carbocycles. The number of aromatic nitrogens is 2. The molecular formula is C35H31N5O4. The van der Waals surface area contributed by atoms with Crippen LogP contribution in [0.15, 0.2) is 89.9 Å². The minimum absolute atomic E-state index is 0.225. The number of carbonyl (C=O) groups excluding carboxylic acids is 4. The van der Waals surface area contributed by atoms with Crippen molar-refractivity contribution in [2.75, 3.05) is 11.4 Å². The number of aliphatic imine (C=N–C) groups is 1. The van der Waals surface area contributed by atoms with Gasteiger partial charge in [0.2, 0.25) is 5.91 Å². The lowest BCUT2D eigenvalue weighted by Gasteiger charge is -2.28. The second kappa shape index (κ2) is 13.5. The van der Waals surface area contributed by atoms with Crippen molar-refractivity contribution in [1.29, 1.82) is 0 Å². The maximum atomic E-state index is 12.0. The first-order valence-corrected chi connectivity index (χ1v) is 14.1. The molecule has 0 atom stereocenters. The van der Waals surface area contributed by atoms with E-state index in [-0.39, 0.29) is 12.8 Å². The molecule has 4 aromatic carbocycles. The van der Waals surface area contributed by atoms with E-state index in [0.29, 0.717) is 47.8 Å². The number of nitrogens with two attached hydrogens (primary N) is 1. The number of aldehydes is 3. The number of anilines is 1. The molecule has 1 heterocycles. The second-order valence-corrected chi connectivity index (χ2v) is 10.3. The van der Waals surface area contributed by atoms with Crippen LogP contribution in [-0.2, 0) is 35.5 Å². The standard InChI is InChI=1S/C35H31N5O4/c1-37-30-20-24(23-43)10-12-32(30)39(22-28-8-3-2-6-25(28)14-18-41)16-17-40-33-13-11-27(34(36)44)21-31(33)38-35(40)29-9-5-4-7-26(29)15-19-42/h2-13,18-21,23H,1,14-17,22H2,(H2,36,44). The van der Waals surface area contributed by atoms with Crippen molar-refractivity contribution in [3.8, 4) is 11.4 Å². The highest BCUT2D eigenvalue weighted by Crippen LogP contribution is 2.33. The van der Waals surface area contributed by atoms with Gasteiger partial charge in [-0.3, -0.25) is 14.6 Å². The van der Waals surface area contributed by atoms with Gasteiger partial charge in [0.1, 0.15) is 24.7 Å². The first kappa shape index (κ1) is 29.8. The molecule has 0 radical (unpaired) electrons. The van der Waals surface area contributed by atoms with Crippen molar-refractivity contribution in [3.63, 3.8) is 0 Å². The average molecular weight is 586 g/mol. The smallest absolute Gasteiger partial charge is 0.248 e. The zero-order chi connectivity index (χ0) is 31.1. The van der Waals surface area contributed by atoms with Gasteiger partial charge in [-0.1, -0.05) is 48.5 Å². The molecule has 0 saturated heterocycles. The van der Waals surface area contributed by atoms with Crippen molar-refractivity contribution in [1.82, 2.24) is 9.55 Å². The van der Waals surface area contributed by atoms with Gasteiger partial charge in [-0.2, -0.15) is 0 Å². The number of imidazole rings is 1. The Hall–Kier alpha value is -5.70. The predicted molar refractivity (Wildman–Crippen MR) is 172 cm³/mol. The van der Waals surface area contributed by atoms with Crippen LogP contribution in [0.3, 0.4) is 0 Å². The molecule has 9 heteroatoms. The number of hydrogen-bond acceptors (Lipinski definition) is 7. The summed E-state index contributed by atoms with van der Waals surface area (Å²) >= 11 is 0. The second-order valence-electron chi connectivity index (χ2n) is 10.3. The van der Waals surface area contributed by atoms with Gasteiger partial charge in [-0.05, 0) is 59.8 Å². The summed E-state index contributed by atoms with van der Waals surface area (Å²) < 4.78 is 2.06. The fraction of sp³-hybridized carbons (Fsp3) is 0.143. The zero-order valence-electron chi connectivity index (χ0n) is 24.1. The van der Waals surface area contributed by atoms with Gasteiger partial charge in [0.15, 0.2) is 0 Å². The normalized spacial score (nSPS) is 10.8. The molecular weight excluding hydrogens is 554 g/mol. The molecule has 0 spiro atoms. The average Bonchev–Trinajstić information content (AvgIpc) is 3.41. The molecule has 0 bridgehead atoms. The number of rotatable bonds is 14. The summed E-state index contributed by atoms with van der Waals surface area (Å²) in [6.45, 7) is 5.13. The van der Waals surface area contributed by atoms with Gasteiger partial charge < -0.3 is 24.8 Å². The summed E-state index contributed by atoms with van der Waals surface area (Å²) in [4.78, 5) is 57.7.